The van der Waals surface area contributed by atoms with Crippen molar-refractivity contribution < 1.29 is 4.74 Å². The molecule has 2 heterocycles. The molecule has 2 aromatic carbocycles. The van der Waals surface area contributed by atoms with Crippen LogP contribution in [0, 0.1) is 0 Å². The highest BCUT2D eigenvalue weighted by Crippen LogP contribution is 2.28. The van der Waals surface area contributed by atoms with Crippen LogP contribution < -0.4 is 4.74 Å². The van der Waals surface area contributed by atoms with Crippen LogP contribution in [0.1, 0.15) is 0 Å². The third-order valence-corrected chi connectivity index (χ3v) is 3.73. The van der Waals surface area contributed by atoms with Crippen molar-refractivity contribution in [3.63, 3.8) is 0 Å². The number of ether oxygens (including phenoxy) is 1. The molecule has 0 fully saturated rings. The molecule has 0 radical (unpaired) electrons. The summed E-state index contributed by atoms with van der Waals surface area (Å²) >= 11 is 0. The summed E-state index contributed by atoms with van der Waals surface area (Å²) in [4.78, 5) is 4.84. The molecule has 0 aliphatic rings. The molecule has 3 heteroatoms. The van der Waals surface area contributed by atoms with E-state index in [0.717, 1.165) is 33.6 Å². The van der Waals surface area contributed by atoms with E-state index in [-0.39, 0.29) is 0 Å². The molecule has 3 nitrogen and oxygen atoms in total. The monoisotopic (exact) mass is 274 g/mol. The third kappa shape index (κ3) is 1.86. The van der Waals surface area contributed by atoms with Gasteiger partial charge in [0.05, 0.1) is 29.4 Å². The number of hydrogen-bond donors (Lipinski definition) is 0. The van der Waals surface area contributed by atoms with Crippen LogP contribution in [0.15, 0.2) is 66.9 Å². The molecule has 0 saturated carbocycles. The molecule has 0 aliphatic heterocycles. The van der Waals surface area contributed by atoms with Gasteiger partial charge in [-0.1, -0.05) is 12.1 Å². The minimum absolute atomic E-state index is 0.853. The van der Waals surface area contributed by atoms with Crippen LogP contribution in [0.25, 0.3) is 27.8 Å². The molecule has 4 aromatic rings. The Labute approximate surface area is 122 Å². The zero-order valence-electron chi connectivity index (χ0n) is 11.7. The first-order chi connectivity index (χ1) is 10.4. The van der Waals surface area contributed by atoms with Gasteiger partial charge in [-0.05, 0) is 48.5 Å². The first kappa shape index (κ1) is 12.0. The van der Waals surface area contributed by atoms with Crippen molar-refractivity contribution in [1.29, 1.82) is 0 Å². The molecule has 0 amide bonds. The SMILES string of the molecule is COc1ccc(-c2nc3ccccc3n3cccc23)cc1. The number of rotatable bonds is 2. The standard InChI is InChI=1S/C18H14N2O/c1-21-14-10-8-13(9-11-14)18-17-7-4-12-20(17)16-6-3-2-5-15(16)19-18/h2-12H,1H3. The number of aromatic nitrogens is 2. The van der Waals surface area contributed by atoms with Gasteiger partial charge < -0.3 is 9.14 Å². The Morgan fingerprint density at radius 3 is 2.43 bits per heavy atom. The molecule has 21 heavy (non-hydrogen) atoms. The second-order valence-electron chi connectivity index (χ2n) is 4.94. The summed E-state index contributed by atoms with van der Waals surface area (Å²) in [7, 11) is 1.68. The van der Waals surface area contributed by atoms with Gasteiger partial charge in [0.1, 0.15) is 5.75 Å². The van der Waals surface area contributed by atoms with E-state index >= 15 is 0 Å². The maximum Gasteiger partial charge on any atom is 0.118 e. The molecular weight excluding hydrogens is 260 g/mol. The zero-order valence-corrected chi connectivity index (χ0v) is 11.7. The van der Waals surface area contributed by atoms with Crippen LogP contribution in [-0.2, 0) is 0 Å². The Morgan fingerprint density at radius 1 is 0.857 bits per heavy atom. The summed E-state index contributed by atoms with van der Waals surface area (Å²) < 4.78 is 7.40. The molecule has 0 unspecified atom stereocenters. The Kier molecular flexibility index (Phi) is 2.64. The predicted molar refractivity (Wildman–Crippen MR) is 84.7 cm³/mol. The first-order valence-electron chi connectivity index (χ1n) is 6.87. The number of methoxy groups -OCH3 is 1. The van der Waals surface area contributed by atoms with Crippen molar-refractivity contribution in [3.8, 4) is 17.0 Å². The molecule has 0 bridgehead atoms. The molecule has 0 saturated heterocycles. The van der Waals surface area contributed by atoms with E-state index in [1.54, 1.807) is 7.11 Å². The molecule has 102 valence electrons. The van der Waals surface area contributed by atoms with E-state index in [1.807, 2.05) is 42.5 Å². The Morgan fingerprint density at radius 2 is 1.62 bits per heavy atom. The maximum absolute atomic E-state index is 5.22. The summed E-state index contributed by atoms with van der Waals surface area (Å²) in [5.74, 6) is 0.853. The van der Waals surface area contributed by atoms with Gasteiger partial charge in [-0.25, -0.2) is 4.98 Å². The van der Waals surface area contributed by atoms with Gasteiger partial charge in [0, 0.05) is 11.8 Å². The van der Waals surface area contributed by atoms with E-state index in [4.69, 9.17) is 9.72 Å². The summed E-state index contributed by atoms with van der Waals surface area (Å²) in [5, 5.41) is 0. The molecule has 0 spiro atoms. The fraction of sp³-hybridized carbons (Fsp3) is 0.0556. The smallest absolute Gasteiger partial charge is 0.118 e. The second kappa shape index (κ2) is 4.63. The summed E-state index contributed by atoms with van der Waals surface area (Å²) in [6, 6.07) is 20.4. The van der Waals surface area contributed by atoms with Crippen LogP contribution in [0.2, 0.25) is 0 Å². The molecule has 0 aliphatic carbocycles. The van der Waals surface area contributed by atoms with Crippen molar-refractivity contribution in [1.82, 2.24) is 9.38 Å². The minimum Gasteiger partial charge on any atom is -0.497 e. The van der Waals surface area contributed by atoms with E-state index in [1.165, 1.54) is 0 Å². The van der Waals surface area contributed by atoms with Crippen molar-refractivity contribution in [2.45, 2.75) is 0 Å². The molecule has 0 N–H and O–H groups in total. The van der Waals surface area contributed by atoms with Crippen LogP contribution >= 0.6 is 0 Å². The lowest BCUT2D eigenvalue weighted by molar-refractivity contribution is 0.415. The highest BCUT2D eigenvalue weighted by molar-refractivity contribution is 5.87. The van der Waals surface area contributed by atoms with Gasteiger partial charge in [-0.3, -0.25) is 0 Å². The quantitative estimate of drug-likeness (QED) is 0.548. The molecule has 0 atom stereocenters. The fourth-order valence-electron chi connectivity index (χ4n) is 2.69. The Balaban J connectivity index is 2.03. The first-order valence-corrected chi connectivity index (χ1v) is 6.87. The van der Waals surface area contributed by atoms with Crippen molar-refractivity contribution in [2.75, 3.05) is 7.11 Å². The van der Waals surface area contributed by atoms with Crippen LogP contribution in [0.3, 0.4) is 0 Å². The number of benzene rings is 2. The Bertz CT molecular complexity index is 923. The van der Waals surface area contributed by atoms with E-state index < -0.39 is 0 Å². The number of hydrogen-bond acceptors (Lipinski definition) is 2. The second-order valence-corrected chi connectivity index (χ2v) is 4.94. The van der Waals surface area contributed by atoms with Gasteiger partial charge in [-0.15, -0.1) is 0 Å². The van der Waals surface area contributed by atoms with Gasteiger partial charge >= 0.3 is 0 Å². The van der Waals surface area contributed by atoms with Gasteiger partial charge in [0.2, 0.25) is 0 Å². The van der Waals surface area contributed by atoms with Gasteiger partial charge in [-0.2, -0.15) is 0 Å². The molecule has 2 aromatic heterocycles. The van der Waals surface area contributed by atoms with Gasteiger partial charge in [0.25, 0.3) is 0 Å². The van der Waals surface area contributed by atoms with Crippen LogP contribution in [0.4, 0.5) is 0 Å². The lowest BCUT2D eigenvalue weighted by atomic mass is 10.1. The lowest BCUT2D eigenvalue weighted by Crippen LogP contribution is -1.94. The van der Waals surface area contributed by atoms with Crippen molar-refractivity contribution in [2.24, 2.45) is 0 Å². The highest BCUT2D eigenvalue weighted by Gasteiger charge is 2.09. The van der Waals surface area contributed by atoms with Gasteiger partial charge in [0.15, 0.2) is 0 Å². The minimum atomic E-state index is 0.853. The predicted octanol–water partition coefficient (Wildman–Crippen LogP) is 4.16. The normalized spacial score (nSPS) is 11.1. The van der Waals surface area contributed by atoms with Crippen molar-refractivity contribution in [3.05, 3.63) is 66.9 Å². The summed E-state index contributed by atoms with van der Waals surface area (Å²) in [5.41, 5.74) is 5.30. The van der Waals surface area contributed by atoms with E-state index in [9.17, 15) is 0 Å². The van der Waals surface area contributed by atoms with Crippen LogP contribution in [-0.4, -0.2) is 16.5 Å². The van der Waals surface area contributed by atoms with Crippen molar-refractivity contribution >= 4 is 16.6 Å². The summed E-state index contributed by atoms with van der Waals surface area (Å²) in [6.45, 7) is 0. The maximum atomic E-state index is 5.22. The number of para-hydroxylation sites is 2. The van der Waals surface area contributed by atoms with Crippen LogP contribution in [0.5, 0.6) is 5.75 Å². The zero-order chi connectivity index (χ0) is 14.2. The average Bonchev–Trinajstić information content (AvgIpc) is 3.04. The van der Waals surface area contributed by atoms with E-state index in [0.29, 0.717) is 0 Å². The molecule has 4 rings (SSSR count). The Hall–Kier alpha value is -2.81. The lowest BCUT2D eigenvalue weighted by Gasteiger charge is -2.09. The topological polar surface area (TPSA) is 26.5 Å². The number of nitrogens with zero attached hydrogens (tertiary/aromatic N) is 2. The number of fused-ring (bicyclic) bond motifs is 3. The summed E-state index contributed by atoms with van der Waals surface area (Å²) in [6.07, 6.45) is 2.08. The molecular formula is C18H14N2O. The third-order valence-electron chi connectivity index (χ3n) is 3.73. The average molecular weight is 274 g/mol. The fourth-order valence-corrected chi connectivity index (χ4v) is 2.69. The largest absolute Gasteiger partial charge is 0.497 e. The van der Waals surface area contributed by atoms with E-state index in [2.05, 4.69) is 28.8 Å². The highest BCUT2D eigenvalue weighted by atomic mass is 16.5.